The number of anilines is 1. The van der Waals surface area contributed by atoms with Gasteiger partial charge in [0.1, 0.15) is 18.0 Å². The smallest absolute Gasteiger partial charge is 0.191 e. The van der Waals surface area contributed by atoms with Crippen molar-refractivity contribution in [2.75, 3.05) is 25.0 Å². The van der Waals surface area contributed by atoms with E-state index in [1.807, 2.05) is 16.4 Å². The van der Waals surface area contributed by atoms with Crippen molar-refractivity contribution in [3.8, 4) is 0 Å². The van der Waals surface area contributed by atoms with Gasteiger partial charge in [-0.15, -0.1) is 10.2 Å². The summed E-state index contributed by atoms with van der Waals surface area (Å²) >= 11 is 0. The van der Waals surface area contributed by atoms with Crippen molar-refractivity contribution < 1.29 is 8.78 Å². The molecular weight excluding hydrogens is 340 g/mol. The van der Waals surface area contributed by atoms with Gasteiger partial charge in [-0.05, 0) is 25.5 Å². The molecule has 0 radical (unpaired) electrons. The van der Waals surface area contributed by atoms with Crippen molar-refractivity contribution in [2.45, 2.75) is 32.5 Å². The Labute approximate surface area is 151 Å². The molecular formula is C17H23F2N7. The number of aromatic nitrogens is 3. The number of aliphatic imine (C=N–C) groups is 1. The number of hydrogen-bond donors (Lipinski definition) is 2. The summed E-state index contributed by atoms with van der Waals surface area (Å²) in [6.45, 7) is 4.66. The molecule has 7 nitrogen and oxygen atoms in total. The van der Waals surface area contributed by atoms with E-state index < -0.39 is 11.6 Å². The average Bonchev–Trinajstić information content (AvgIpc) is 3.27. The molecule has 0 saturated carbocycles. The largest absolute Gasteiger partial charge is 0.367 e. The number of nitrogens with one attached hydrogen (secondary N) is 2. The maximum Gasteiger partial charge on any atom is 0.191 e. The van der Waals surface area contributed by atoms with E-state index in [9.17, 15) is 8.78 Å². The van der Waals surface area contributed by atoms with Crippen molar-refractivity contribution >= 4 is 11.6 Å². The van der Waals surface area contributed by atoms with Crippen molar-refractivity contribution in [1.82, 2.24) is 25.4 Å². The number of guanidine groups is 1. The van der Waals surface area contributed by atoms with Gasteiger partial charge in [0.05, 0.1) is 12.2 Å². The highest BCUT2D eigenvalue weighted by Gasteiger charge is 2.25. The number of hydrogen-bond acceptors (Lipinski definition) is 4. The van der Waals surface area contributed by atoms with Gasteiger partial charge < -0.3 is 20.1 Å². The standard InChI is InChI=1S/C17H23F2N7/c1-3-25-11-22-24-16(25)9-21-17(20-2)23-13-6-7-26(10-13)15-5-4-12(18)8-14(15)19/h4-5,8,11,13H,3,6-7,9-10H2,1-2H3,(H2,20,21,23). The van der Waals surface area contributed by atoms with Crippen molar-refractivity contribution in [1.29, 1.82) is 0 Å². The molecule has 0 spiro atoms. The van der Waals surface area contributed by atoms with E-state index in [0.29, 0.717) is 31.3 Å². The van der Waals surface area contributed by atoms with Crippen LogP contribution in [-0.4, -0.2) is 46.9 Å². The molecule has 1 unspecified atom stereocenters. The van der Waals surface area contributed by atoms with Gasteiger partial charge in [0, 0.05) is 38.8 Å². The average molecular weight is 363 g/mol. The number of nitrogens with zero attached hydrogens (tertiary/aromatic N) is 5. The summed E-state index contributed by atoms with van der Waals surface area (Å²) in [4.78, 5) is 6.14. The van der Waals surface area contributed by atoms with Gasteiger partial charge in [0.25, 0.3) is 0 Å². The van der Waals surface area contributed by atoms with Crippen LogP contribution in [0.4, 0.5) is 14.5 Å². The summed E-state index contributed by atoms with van der Waals surface area (Å²) in [6.07, 6.45) is 2.53. The topological polar surface area (TPSA) is 70.4 Å². The normalized spacial score (nSPS) is 17.6. The summed E-state index contributed by atoms with van der Waals surface area (Å²) in [5.74, 6) is 0.385. The van der Waals surface area contributed by atoms with Crippen LogP contribution in [0.1, 0.15) is 19.2 Å². The molecule has 1 aromatic heterocycles. The molecule has 0 aliphatic carbocycles. The van der Waals surface area contributed by atoms with Crippen LogP contribution in [0.25, 0.3) is 0 Å². The van der Waals surface area contributed by atoms with Crippen molar-refractivity contribution in [3.63, 3.8) is 0 Å². The molecule has 0 amide bonds. The molecule has 3 rings (SSSR count). The minimum atomic E-state index is -0.565. The molecule has 1 saturated heterocycles. The van der Waals surface area contributed by atoms with Crippen LogP contribution < -0.4 is 15.5 Å². The highest BCUT2D eigenvalue weighted by molar-refractivity contribution is 5.80. The van der Waals surface area contributed by atoms with Crippen LogP contribution in [0.3, 0.4) is 0 Å². The third-order valence-corrected chi connectivity index (χ3v) is 4.45. The summed E-state index contributed by atoms with van der Waals surface area (Å²) in [6, 6.07) is 3.80. The van der Waals surface area contributed by atoms with Gasteiger partial charge in [-0.25, -0.2) is 8.78 Å². The van der Waals surface area contributed by atoms with Crippen LogP contribution in [0.15, 0.2) is 29.5 Å². The summed E-state index contributed by atoms with van der Waals surface area (Å²) < 4.78 is 29.0. The SMILES string of the molecule is CCn1cnnc1CNC(=NC)NC1CCN(c2ccc(F)cc2F)C1. The van der Waals surface area contributed by atoms with Crippen LogP contribution in [0.2, 0.25) is 0 Å². The van der Waals surface area contributed by atoms with Crippen LogP contribution in [0, 0.1) is 11.6 Å². The molecule has 2 heterocycles. The van der Waals surface area contributed by atoms with Gasteiger partial charge in [0.2, 0.25) is 0 Å². The first-order valence-corrected chi connectivity index (χ1v) is 8.64. The molecule has 1 atom stereocenters. The van der Waals surface area contributed by atoms with E-state index in [-0.39, 0.29) is 6.04 Å². The summed E-state index contributed by atoms with van der Waals surface area (Å²) in [5, 5.41) is 14.5. The van der Waals surface area contributed by atoms with Crippen LogP contribution in [-0.2, 0) is 13.1 Å². The minimum Gasteiger partial charge on any atom is -0.367 e. The third kappa shape index (κ3) is 4.09. The lowest BCUT2D eigenvalue weighted by molar-refractivity contribution is 0.580. The molecule has 1 aromatic carbocycles. The highest BCUT2D eigenvalue weighted by atomic mass is 19.1. The Balaban J connectivity index is 1.55. The highest BCUT2D eigenvalue weighted by Crippen LogP contribution is 2.24. The lowest BCUT2D eigenvalue weighted by Crippen LogP contribution is -2.44. The summed E-state index contributed by atoms with van der Waals surface area (Å²) in [7, 11) is 1.70. The zero-order valence-corrected chi connectivity index (χ0v) is 14.9. The molecule has 0 bridgehead atoms. The second kappa shape index (κ2) is 8.11. The van der Waals surface area contributed by atoms with E-state index in [0.717, 1.165) is 24.9 Å². The first-order valence-electron chi connectivity index (χ1n) is 8.64. The second-order valence-corrected chi connectivity index (χ2v) is 6.13. The van der Waals surface area contributed by atoms with Gasteiger partial charge >= 0.3 is 0 Å². The molecule has 9 heteroatoms. The minimum absolute atomic E-state index is 0.120. The number of aryl methyl sites for hydroxylation is 1. The lowest BCUT2D eigenvalue weighted by atomic mass is 10.2. The third-order valence-electron chi connectivity index (χ3n) is 4.45. The Hall–Kier alpha value is -2.71. The van der Waals surface area contributed by atoms with E-state index in [1.165, 1.54) is 12.1 Å². The quantitative estimate of drug-likeness (QED) is 0.623. The molecule has 2 N–H and O–H groups in total. The Morgan fingerprint density at radius 2 is 2.23 bits per heavy atom. The number of benzene rings is 1. The first kappa shape index (κ1) is 18.1. The summed E-state index contributed by atoms with van der Waals surface area (Å²) in [5.41, 5.74) is 0.426. The first-order chi connectivity index (χ1) is 12.6. The molecule has 140 valence electrons. The lowest BCUT2D eigenvalue weighted by Gasteiger charge is -2.21. The van der Waals surface area contributed by atoms with Crippen molar-refractivity contribution in [2.24, 2.45) is 4.99 Å². The maximum absolute atomic E-state index is 14.0. The Kier molecular flexibility index (Phi) is 5.65. The fraction of sp³-hybridized carbons (Fsp3) is 0.471. The zero-order valence-electron chi connectivity index (χ0n) is 14.9. The Morgan fingerprint density at radius 1 is 1.38 bits per heavy atom. The van der Waals surface area contributed by atoms with Crippen LogP contribution >= 0.6 is 0 Å². The van der Waals surface area contributed by atoms with Gasteiger partial charge in [-0.3, -0.25) is 4.99 Å². The monoisotopic (exact) mass is 363 g/mol. The fourth-order valence-corrected chi connectivity index (χ4v) is 3.07. The second-order valence-electron chi connectivity index (χ2n) is 6.13. The predicted octanol–water partition coefficient (Wildman–Crippen LogP) is 1.52. The Morgan fingerprint density at radius 3 is 2.96 bits per heavy atom. The maximum atomic E-state index is 14.0. The predicted molar refractivity (Wildman–Crippen MR) is 96.0 cm³/mol. The zero-order chi connectivity index (χ0) is 18.5. The van der Waals surface area contributed by atoms with E-state index >= 15 is 0 Å². The van der Waals surface area contributed by atoms with E-state index in [2.05, 4.69) is 25.8 Å². The van der Waals surface area contributed by atoms with Crippen LogP contribution in [0.5, 0.6) is 0 Å². The molecule has 1 fully saturated rings. The molecule has 1 aliphatic heterocycles. The van der Waals surface area contributed by atoms with Gasteiger partial charge in [0.15, 0.2) is 11.8 Å². The van der Waals surface area contributed by atoms with Gasteiger partial charge in [-0.1, -0.05) is 0 Å². The fourth-order valence-electron chi connectivity index (χ4n) is 3.07. The Bertz CT molecular complexity index is 774. The van der Waals surface area contributed by atoms with E-state index in [1.54, 1.807) is 13.4 Å². The van der Waals surface area contributed by atoms with Gasteiger partial charge in [-0.2, -0.15) is 0 Å². The van der Waals surface area contributed by atoms with E-state index in [4.69, 9.17) is 0 Å². The molecule has 2 aromatic rings. The van der Waals surface area contributed by atoms with Crippen molar-refractivity contribution in [3.05, 3.63) is 42.0 Å². The number of rotatable bonds is 5. The molecule has 26 heavy (non-hydrogen) atoms. The number of halogens is 2. The molecule has 1 aliphatic rings.